The molecule has 1 aromatic heterocycles. The smallest absolute Gasteiger partial charge is 0.255 e. The van der Waals surface area contributed by atoms with Crippen LogP contribution < -0.4 is 19.5 Å². The molecular weight excluding hydrogens is 647 g/mol. The van der Waals surface area contributed by atoms with Crippen LogP contribution in [0.3, 0.4) is 0 Å². The van der Waals surface area contributed by atoms with Crippen LogP contribution in [0.5, 0.6) is 17.2 Å². The maximum absolute atomic E-state index is 13.9. The summed E-state index contributed by atoms with van der Waals surface area (Å²) in [5.74, 6) is 1.12. The Morgan fingerprint density at radius 2 is 1.55 bits per heavy atom. The molecule has 0 spiro atoms. The van der Waals surface area contributed by atoms with Gasteiger partial charge in [-0.1, -0.05) is 48.2 Å². The van der Waals surface area contributed by atoms with Gasteiger partial charge in [0.1, 0.15) is 23.1 Å². The van der Waals surface area contributed by atoms with E-state index in [-0.39, 0.29) is 29.9 Å². The fourth-order valence-electron chi connectivity index (χ4n) is 5.49. The normalized spacial score (nSPS) is 13.9. The topological polar surface area (TPSA) is 120 Å². The summed E-state index contributed by atoms with van der Waals surface area (Å²) in [5.41, 5.74) is 3.35. The number of aromatic nitrogens is 3. The van der Waals surface area contributed by atoms with Gasteiger partial charge in [-0.25, -0.2) is 9.40 Å². The molecule has 0 radical (unpaired) electrons. The van der Waals surface area contributed by atoms with E-state index in [1.165, 1.54) is 36.0 Å². The van der Waals surface area contributed by atoms with Crippen LogP contribution in [0.2, 0.25) is 0 Å². The number of amides is 2. The zero-order chi connectivity index (χ0) is 34.3. The predicted octanol–water partition coefficient (Wildman–Crippen LogP) is 5.83. The van der Waals surface area contributed by atoms with Gasteiger partial charge in [-0.3, -0.25) is 14.2 Å². The van der Waals surface area contributed by atoms with Crippen molar-refractivity contribution < 1.29 is 28.2 Å². The molecular formula is C36H33FN6O5S. The summed E-state index contributed by atoms with van der Waals surface area (Å²) in [5, 5.41) is 18.3. The number of carbonyl (C=O) groups excluding carboxylic acids is 2. The lowest BCUT2D eigenvalue weighted by atomic mass is 9.98. The molecule has 11 nitrogen and oxygen atoms in total. The Bertz CT molecular complexity index is 1980. The van der Waals surface area contributed by atoms with Crippen LogP contribution in [0.1, 0.15) is 39.8 Å². The van der Waals surface area contributed by atoms with Gasteiger partial charge in [-0.15, -0.1) is 10.2 Å². The molecule has 1 aliphatic rings. The number of benzene rings is 4. The van der Waals surface area contributed by atoms with Gasteiger partial charge in [0.2, 0.25) is 0 Å². The number of nitrogens with one attached hydrogen (secondary N) is 1. The molecule has 6 rings (SSSR count). The SMILES string of the molecule is COc1ccc(C2=NN(C(=O)CSc3nnc(CNC(=O)c4ccccc4OC)n3-c3ccccc3OC)[C@H](c3ccc(F)cc3)C2)cc1. The first-order valence-electron chi connectivity index (χ1n) is 15.3. The molecule has 1 atom stereocenters. The third kappa shape index (κ3) is 7.26. The van der Waals surface area contributed by atoms with Crippen molar-refractivity contribution in [3.8, 4) is 22.9 Å². The molecule has 2 amide bonds. The van der Waals surface area contributed by atoms with Crippen molar-refractivity contribution in [1.29, 1.82) is 0 Å². The summed E-state index contributed by atoms with van der Waals surface area (Å²) in [6.07, 6.45) is 0.446. The number of para-hydroxylation sites is 3. The highest BCUT2D eigenvalue weighted by atomic mass is 32.2. The van der Waals surface area contributed by atoms with Crippen LogP contribution in [0.4, 0.5) is 4.39 Å². The number of halogens is 1. The Kier molecular flexibility index (Phi) is 10.2. The van der Waals surface area contributed by atoms with Crippen molar-refractivity contribution in [3.05, 3.63) is 125 Å². The lowest BCUT2D eigenvalue weighted by Crippen LogP contribution is -2.28. The predicted molar refractivity (Wildman–Crippen MR) is 183 cm³/mol. The molecule has 5 aromatic rings. The molecule has 0 saturated carbocycles. The zero-order valence-electron chi connectivity index (χ0n) is 27.0. The Morgan fingerprint density at radius 1 is 0.857 bits per heavy atom. The number of thioether (sulfide) groups is 1. The number of ether oxygens (including phenoxy) is 3. The third-order valence-corrected chi connectivity index (χ3v) is 8.87. The molecule has 0 unspecified atom stereocenters. The number of nitrogens with zero attached hydrogens (tertiary/aromatic N) is 5. The van der Waals surface area contributed by atoms with Crippen LogP contribution in [0.25, 0.3) is 5.69 Å². The number of rotatable bonds is 12. The Hall–Kier alpha value is -5.69. The maximum atomic E-state index is 13.9. The van der Waals surface area contributed by atoms with Crippen LogP contribution in [0, 0.1) is 5.82 Å². The van der Waals surface area contributed by atoms with Crippen molar-refractivity contribution in [1.82, 2.24) is 25.1 Å². The summed E-state index contributed by atoms with van der Waals surface area (Å²) in [6.45, 7) is 0.0325. The quantitative estimate of drug-likeness (QED) is 0.164. The molecule has 49 heavy (non-hydrogen) atoms. The lowest BCUT2D eigenvalue weighted by Gasteiger charge is -2.22. The number of hydrogen-bond donors (Lipinski definition) is 1. The van der Waals surface area contributed by atoms with Gasteiger partial charge in [0.15, 0.2) is 11.0 Å². The highest BCUT2D eigenvalue weighted by molar-refractivity contribution is 7.99. The van der Waals surface area contributed by atoms with E-state index in [4.69, 9.17) is 19.3 Å². The van der Waals surface area contributed by atoms with Crippen molar-refractivity contribution in [2.24, 2.45) is 5.10 Å². The fraction of sp³-hybridized carbons (Fsp3) is 0.194. The average Bonchev–Trinajstić information content (AvgIpc) is 3.78. The summed E-state index contributed by atoms with van der Waals surface area (Å²) in [7, 11) is 4.66. The standard InChI is InChI=1S/C36H33FN6O5S/c1-46-26-18-14-23(15-19-26)28-20-30(24-12-16-25(37)17-13-24)43(41-28)34(44)22-49-36-40-39-33(42(36)29-9-5-7-11-32(29)48-3)21-38-35(45)27-8-4-6-10-31(27)47-2/h4-19,30H,20-22H2,1-3H3,(H,38,45)/t30-/m0/s1. The van der Waals surface area contributed by atoms with Crippen molar-refractivity contribution in [3.63, 3.8) is 0 Å². The minimum Gasteiger partial charge on any atom is -0.497 e. The average molecular weight is 681 g/mol. The third-order valence-electron chi connectivity index (χ3n) is 7.95. The second kappa shape index (κ2) is 15.0. The minimum atomic E-state index is -0.432. The van der Waals surface area contributed by atoms with Gasteiger partial charge in [0.05, 0.1) is 56.6 Å². The Morgan fingerprint density at radius 3 is 2.27 bits per heavy atom. The molecule has 250 valence electrons. The number of carbonyl (C=O) groups is 2. The van der Waals surface area contributed by atoms with E-state index in [1.54, 1.807) is 61.3 Å². The number of hydrazone groups is 1. The summed E-state index contributed by atoms with van der Waals surface area (Å²) in [4.78, 5) is 27.0. The Balaban J connectivity index is 1.27. The van der Waals surface area contributed by atoms with E-state index >= 15 is 0 Å². The van der Waals surface area contributed by atoms with Crippen LogP contribution in [-0.4, -0.2) is 64.4 Å². The minimum absolute atomic E-state index is 0.0298. The lowest BCUT2D eigenvalue weighted by molar-refractivity contribution is -0.130. The molecule has 13 heteroatoms. The van der Waals surface area contributed by atoms with Gasteiger partial charge < -0.3 is 19.5 Å². The van der Waals surface area contributed by atoms with Gasteiger partial charge in [0, 0.05) is 6.42 Å². The largest absolute Gasteiger partial charge is 0.497 e. The zero-order valence-corrected chi connectivity index (χ0v) is 27.8. The highest BCUT2D eigenvalue weighted by Crippen LogP contribution is 2.35. The molecule has 1 N–H and O–H groups in total. The van der Waals surface area contributed by atoms with Crippen LogP contribution >= 0.6 is 11.8 Å². The molecule has 0 saturated heterocycles. The van der Waals surface area contributed by atoms with E-state index < -0.39 is 6.04 Å². The molecule has 0 aliphatic carbocycles. The molecule has 0 bridgehead atoms. The van der Waals surface area contributed by atoms with Gasteiger partial charge in [0.25, 0.3) is 11.8 Å². The molecule has 0 fully saturated rings. The number of hydrogen-bond acceptors (Lipinski definition) is 9. The van der Waals surface area contributed by atoms with Crippen LogP contribution in [0.15, 0.2) is 107 Å². The maximum Gasteiger partial charge on any atom is 0.255 e. The van der Waals surface area contributed by atoms with Crippen molar-refractivity contribution >= 4 is 29.3 Å². The first kappa shape index (κ1) is 33.2. The fourth-order valence-corrected chi connectivity index (χ4v) is 6.30. The van der Waals surface area contributed by atoms with Gasteiger partial charge >= 0.3 is 0 Å². The Labute approximate surface area is 286 Å². The van der Waals surface area contributed by atoms with Crippen LogP contribution in [-0.2, 0) is 11.3 Å². The van der Waals surface area contributed by atoms with E-state index in [9.17, 15) is 14.0 Å². The van der Waals surface area contributed by atoms with Gasteiger partial charge in [-0.2, -0.15) is 5.10 Å². The van der Waals surface area contributed by atoms with Gasteiger partial charge in [-0.05, 0) is 71.8 Å². The second-order valence-electron chi connectivity index (χ2n) is 10.9. The van der Waals surface area contributed by atoms with E-state index in [0.29, 0.717) is 45.9 Å². The van der Waals surface area contributed by atoms with E-state index in [1.807, 2.05) is 42.5 Å². The summed E-state index contributed by atoms with van der Waals surface area (Å²) in [6, 6.07) is 27.4. The van der Waals surface area contributed by atoms with Crippen molar-refractivity contribution in [2.75, 3.05) is 27.1 Å². The summed E-state index contributed by atoms with van der Waals surface area (Å²) < 4.78 is 31.9. The monoisotopic (exact) mass is 680 g/mol. The van der Waals surface area contributed by atoms with Crippen molar-refractivity contribution in [2.45, 2.75) is 24.2 Å². The second-order valence-corrected chi connectivity index (χ2v) is 11.8. The molecule has 4 aromatic carbocycles. The van der Waals surface area contributed by atoms with E-state index in [0.717, 1.165) is 16.8 Å². The first-order valence-corrected chi connectivity index (χ1v) is 16.3. The first-order chi connectivity index (χ1) is 23.9. The molecule has 2 heterocycles. The van der Waals surface area contributed by atoms with E-state index in [2.05, 4.69) is 15.5 Å². The number of methoxy groups -OCH3 is 3. The highest BCUT2D eigenvalue weighted by Gasteiger charge is 2.33. The molecule has 1 aliphatic heterocycles. The summed E-state index contributed by atoms with van der Waals surface area (Å²) >= 11 is 1.18.